The fraction of sp³-hybridized carbons (Fsp3) is 0.375. The lowest BCUT2D eigenvalue weighted by atomic mass is 9.88. The summed E-state index contributed by atoms with van der Waals surface area (Å²) in [5.74, 6) is -1.04. The first kappa shape index (κ1) is 15.1. The van der Waals surface area contributed by atoms with E-state index in [1.807, 2.05) is 31.2 Å². The van der Waals surface area contributed by atoms with E-state index in [0.29, 0.717) is 5.70 Å². The molecular formula is C16H20N2O3. The van der Waals surface area contributed by atoms with Crippen LogP contribution in [0.3, 0.4) is 0 Å². The number of aryl methyl sites for hydroxylation is 1. The molecule has 5 heteroatoms. The lowest BCUT2D eigenvalue weighted by Crippen LogP contribution is -2.51. The fourth-order valence-corrected chi connectivity index (χ4v) is 2.32. The van der Waals surface area contributed by atoms with Crippen molar-refractivity contribution < 1.29 is 14.3 Å². The van der Waals surface area contributed by atoms with E-state index in [4.69, 9.17) is 4.74 Å². The summed E-state index contributed by atoms with van der Waals surface area (Å²) in [5, 5.41) is 5.32. The van der Waals surface area contributed by atoms with Gasteiger partial charge in [-0.1, -0.05) is 36.4 Å². The third kappa shape index (κ3) is 3.42. The number of carbonyl (C=O) groups is 2. The topological polar surface area (TPSA) is 67.4 Å². The van der Waals surface area contributed by atoms with E-state index >= 15 is 0 Å². The molecule has 1 aliphatic heterocycles. The highest BCUT2D eigenvalue weighted by molar-refractivity contribution is 5.85. The molecule has 1 fully saturated rings. The molecule has 2 unspecified atom stereocenters. The summed E-state index contributed by atoms with van der Waals surface area (Å²) in [6.07, 6.45) is -0.221. The minimum atomic E-state index is -0.646. The maximum absolute atomic E-state index is 12.3. The zero-order valence-corrected chi connectivity index (χ0v) is 12.5. The maximum atomic E-state index is 12.3. The van der Waals surface area contributed by atoms with Gasteiger partial charge in [0.25, 0.3) is 0 Å². The van der Waals surface area contributed by atoms with Crippen LogP contribution < -0.4 is 10.6 Å². The zero-order chi connectivity index (χ0) is 15.6. The summed E-state index contributed by atoms with van der Waals surface area (Å²) >= 11 is 0. The molecule has 0 spiro atoms. The molecule has 112 valence electrons. The molecule has 1 saturated heterocycles. The first-order valence-electron chi connectivity index (χ1n) is 6.92. The molecule has 0 radical (unpaired) electrons. The van der Waals surface area contributed by atoms with Gasteiger partial charge in [-0.3, -0.25) is 4.79 Å². The number of hydrogen-bond acceptors (Lipinski definition) is 3. The van der Waals surface area contributed by atoms with Gasteiger partial charge >= 0.3 is 12.0 Å². The van der Waals surface area contributed by atoms with Crippen LogP contribution in [0.25, 0.3) is 0 Å². The number of benzene rings is 1. The van der Waals surface area contributed by atoms with Crippen LogP contribution >= 0.6 is 0 Å². The van der Waals surface area contributed by atoms with Crippen molar-refractivity contribution in [3.63, 3.8) is 0 Å². The molecule has 0 aromatic heterocycles. The summed E-state index contributed by atoms with van der Waals surface area (Å²) in [5.41, 5.74) is 2.32. The molecular weight excluding hydrogens is 268 g/mol. The fourth-order valence-electron chi connectivity index (χ4n) is 2.32. The van der Waals surface area contributed by atoms with Crippen molar-refractivity contribution in [1.82, 2.24) is 10.6 Å². The molecule has 1 aromatic carbocycles. The molecule has 5 nitrogen and oxygen atoms in total. The second kappa shape index (κ2) is 5.99. The van der Waals surface area contributed by atoms with E-state index in [9.17, 15) is 9.59 Å². The van der Waals surface area contributed by atoms with Gasteiger partial charge in [0.05, 0.1) is 12.1 Å². The van der Waals surface area contributed by atoms with Crippen LogP contribution in [0.1, 0.15) is 31.0 Å². The standard InChI is InChI=1S/C16H20N2O3/c1-9(2)21-15(19)13-11(4)17-16(20)18-14(13)12-7-5-10(3)6-8-12/h5-9,13-14H,4H2,1-3H3,(H2,17,18,20). The smallest absolute Gasteiger partial charge is 0.319 e. The number of hydrogen-bond donors (Lipinski definition) is 2. The molecule has 1 heterocycles. The van der Waals surface area contributed by atoms with Crippen molar-refractivity contribution in [3.05, 3.63) is 47.7 Å². The van der Waals surface area contributed by atoms with Gasteiger partial charge in [-0.2, -0.15) is 0 Å². The first-order valence-corrected chi connectivity index (χ1v) is 6.92. The van der Waals surface area contributed by atoms with Crippen molar-refractivity contribution in [3.8, 4) is 0 Å². The third-order valence-corrected chi connectivity index (χ3v) is 3.31. The minimum Gasteiger partial charge on any atom is -0.462 e. The van der Waals surface area contributed by atoms with Crippen molar-refractivity contribution >= 4 is 12.0 Å². The number of urea groups is 1. The van der Waals surface area contributed by atoms with Crippen molar-refractivity contribution in [2.45, 2.75) is 32.9 Å². The molecule has 1 aliphatic rings. The Bertz CT molecular complexity index is 563. The Kier molecular flexibility index (Phi) is 4.31. The molecule has 0 aliphatic carbocycles. The second-order valence-electron chi connectivity index (χ2n) is 5.48. The lowest BCUT2D eigenvalue weighted by Gasteiger charge is -2.33. The van der Waals surface area contributed by atoms with Crippen LogP contribution in [0.4, 0.5) is 4.79 Å². The van der Waals surface area contributed by atoms with Crippen molar-refractivity contribution in [2.75, 3.05) is 0 Å². The predicted molar refractivity (Wildman–Crippen MR) is 79.4 cm³/mol. The maximum Gasteiger partial charge on any atom is 0.319 e. The molecule has 21 heavy (non-hydrogen) atoms. The Labute approximate surface area is 124 Å². The number of amides is 2. The van der Waals surface area contributed by atoms with Gasteiger partial charge in [-0.15, -0.1) is 0 Å². The Morgan fingerprint density at radius 2 is 1.90 bits per heavy atom. The van der Waals surface area contributed by atoms with E-state index in [-0.39, 0.29) is 12.1 Å². The quantitative estimate of drug-likeness (QED) is 0.839. The van der Waals surface area contributed by atoms with E-state index in [2.05, 4.69) is 17.2 Å². The first-order chi connectivity index (χ1) is 9.88. The van der Waals surface area contributed by atoms with Gasteiger partial charge in [0.2, 0.25) is 0 Å². The predicted octanol–water partition coefficient (Wildman–Crippen LogP) is 2.43. The Balaban J connectivity index is 2.32. The van der Waals surface area contributed by atoms with E-state index in [0.717, 1.165) is 11.1 Å². The van der Waals surface area contributed by atoms with Crippen LogP contribution in [0.5, 0.6) is 0 Å². The third-order valence-electron chi connectivity index (χ3n) is 3.31. The van der Waals surface area contributed by atoms with E-state index < -0.39 is 17.9 Å². The number of nitrogens with one attached hydrogen (secondary N) is 2. The monoisotopic (exact) mass is 288 g/mol. The Hall–Kier alpha value is -2.30. The molecule has 2 atom stereocenters. The second-order valence-corrected chi connectivity index (χ2v) is 5.48. The summed E-state index contributed by atoms with van der Waals surface area (Å²) < 4.78 is 5.28. The van der Waals surface area contributed by atoms with Crippen LogP contribution in [-0.2, 0) is 9.53 Å². The molecule has 0 bridgehead atoms. The van der Waals surface area contributed by atoms with Crippen molar-refractivity contribution in [1.29, 1.82) is 0 Å². The van der Waals surface area contributed by atoms with Crippen LogP contribution in [0, 0.1) is 12.8 Å². The number of esters is 1. The normalized spacial score (nSPS) is 21.7. The highest BCUT2D eigenvalue weighted by atomic mass is 16.5. The van der Waals surface area contributed by atoms with E-state index in [1.165, 1.54) is 0 Å². The minimum absolute atomic E-state index is 0.221. The SMILES string of the molecule is C=C1NC(=O)NC(c2ccc(C)cc2)C1C(=O)OC(C)C. The summed E-state index contributed by atoms with van der Waals surface area (Å²) in [4.78, 5) is 24.0. The molecule has 2 rings (SSSR count). The van der Waals surface area contributed by atoms with Gasteiger partial charge in [0.1, 0.15) is 5.92 Å². The van der Waals surface area contributed by atoms with Gasteiger partial charge in [-0.05, 0) is 26.3 Å². The van der Waals surface area contributed by atoms with Gasteiger partial charge < -0.3 is 15.4 Å². The molecule has 1 aromatic rings. The van der Waals surface area contributed by atoms with Crippen LogP contribution in [-0.4, -0.2) is 18.1 Å². The lowest BCUT2D eigenvalue weighted by molar-refractivity contribution is -0.152. The van der Waals surface area contributed by atoms with Crippen molar-refractivity contribution in [2.24, 2.45) is 5.92 Å². The van der Waals surface area contributed by atoms with Gasteiger partial charge in [-0.25, -0.2) is 4.79 Å². The van der Waals surface area contributed by atoms with Gasteiger partial charge in [0.15, 0.2) is 0 Å². The summed E-state index contributed by atoms with van der Waals surface area (Å²) in [6, 6.07) is 6.84. The zero-order valence-electron chi connectivity index (χ0n) is 12.5. The van der Waals surface area contributed by atoms with Crippen LogP contribution in [0.15, 0.2) is 36.5 Å². The Morgan fingerprint density at radius 3 is 2.48 bits per heavy atom. The molecule has 0 saturated carbocycles. The highest BCUT2D eigenvalue weighted by Crippen LogP contribution is 2.30. The summed E-state index contributed by atoms with van der Waals surface area (Å²) in [6.45, 7) is 9.35. The van der Waals surface area contributed by atoms with E-state index in [1.54, 1.807) is 13.8 Å². The number of carbonyl (C=O) groups excluding carboxylic acids is 2. The number of ether oxygens (including phenoxy) is 1. The largest absolute Gasteiger partial charge is 0.462 e. The Morgan fingerprint density at radius 1 is 1.29 bits per heavy atom. The molecule has 2 amide bonds. The van der Waals surface area contributed by atoms with Crippen LogP contribution in [0.2, 0.25) is 0 Å². The molecule has 2 N–H and O–H groups in total. The highest BCUT2D eigenvalue weighted by Gasteiger charge is 2.39. The number of rotatable bonds is 3. The average molecular weight is 288 g/mol. The summed E-state index contributed by atoms with van der Waals surface area (Å²) in [7, 11) is 0. The average Bonchev–Trinajstić information content (AvgIpc) is 2.37. The van der Waals surface area contributed by atoms with Gasteiger partial charge in [0, 0.05) is 5.70 Å².